The van der Waals surface area contributed by atoms with E-state index < -0.39 is 17.2 Å². The van der Waals surface area contributed by atoms with Crippen molar-refractivity contribution >= 4 is 5.91 Å². The van der Waals surface area contributed by atoms with Crippen LogP contribution in [-0.4, -0.2) is 34.4 Å². The molecule has 0 spiro atoms. The molecule has 0 fully saturated rings. The highest BCUT2D eigenvalue weighted by molar-refractivity contribution is 5.94. The number of nitrogens with zero attached hydrogens (tertiary/aromatic N) is 2. The Morgan fingerprint density at radius 2 is 1.76 bits per heavy atom. The Balaban J connectivity index is 1.94. The molecular formula is C22H31N3O4. The minimum Gasteiger partial charge on any atom is -0.505 e. The third-order valence-corrected chi connectivity index (χ3v) is 4.76. The number of carbonyl (C=O) groups is 1. The number of rotatable bonds is 12. The topological polar surface area (TPSA) is 93.5 Å². The molecule has 1 heterocycles. The van der Waals surface area contributed by atoms with Crippen molar-refractivity contribution in [2.24, 2.45) is 0 Å². The van der Waals surface area contributed by atoms with Crippen molar-refractivity contribution < 1.29 is 14.6 Å². The highest BCUT2D eigenvalue weighted by Crippen LogP contribution is 2.21. The summed E-state index contributed by atoms with van der Waals surface area (Å²) in [5.41, 5.74) is -0.334. The first-order valence-electron chi connectivity index (χ1n) is 10.3. The average molecular weight is 402 g/mol. The van der Waals surface area contributed by atoms with E-state index >= 15 is 0 Å². The van der Waals surface area contributed by atoms with Crippen LogP contribution in [-0.2, 0) is 0 Å². The Morgan fingerprint density at radius 3 is 2.45 bits per heavy atom. The first-order chi connectivity index (χ1) is 14.1. The fourth-order valence-electron chi connectivity index (χ4n) is 3.13. The maximum atomic E-state index is 12.4. The summed E-state index contributed by atoms with van der Waals surface area (Å²) in [6.45, 7) is 2.71. The van der Waals surface area contributed by atoms with Gasteiger partial charge in [-0.15, -0.1) is 0 Å². The number of hydrogen-bond acceptors (Lipinski definition) is 5. The lowest BCUT2D eigenvalue weighted by atomic mass is 10.1. The number of aromatic nitrogens is 2. The number of para-hydroxylation sites is 2. The van der Waals surface area contributed by atoms with Crippen LogP contribution < -0.4 is 15.6 Å². The van der Waals surface area contributed by atoms with Gasteiger partial charge < -0.3 is 15.2 Å². The number of benzene rings is 1. The Labute approximate surface area is 171 Å². The molecule has 0 aliphatic heterocycles. The van der Waals surface area contributed by atoms with Gasteiger partial charge in [0.1, 0.15) is 11.4 Å². The molecule has 1 aromatic heterocycles. The maximum absolute atomic E-state index is 12.4. The number of aromatic hydroxyl groups is 1. The number of nitrogens with one attached hydrogen (secondary N) is 1. The van der Waals surface area contributed by atoms with E-state index in [-0.39, 0.29) is 5.69 Å². The fraction of sp³-hybridized carbons (Fsp3) is 0.500. The van der Waals surface area contributed by atoms with Crippen molar-refractivity contribution in [3.05, 3.63) is 46.4 Å². The standard InChI is InChI=1S/C22H31N3O4/c1-3-4-5-6-7-8-9-12-15-23-22(28)21-18(26)16-20(27)25(24-21)17-13-10-11-14-19(17)29-2/h10-11,13-14,16,26H,3-9,12,15H2,1-2H3,(H,23,28). The summed E-state index contributed by atoms with van der Waals surface area (Å²) in [6, 6.07) is 7.85. The van der Waals surface area contributed by atoms with Crippen molar-refractivity contribution in [2.75, 3.05) is 13.7 Å². The van der Waals surface area contributed by atoms with Gasteiger partial charge in [-0.25, -0.2) is 0 Å². The molecule has 1 amide bonds. The lowest BCUT2D eigenvalue weighted by Gasteiger charge is -2.12. The van der Waals surface area contributed by atoms with E-state index in [1.54, 1.807) is 24.3 Å². The molecule has 0 aliphatic carbocycles. The van der Waals surface area contributed by atoms with Crippen molar-refractivity contribution in [3.8, 4) is 17.2 Å². The molecule has 0 saturated carbocycles. The van der Waals surface area contributed by atoms with Crippen molar-refractivity contribution in [2.45, 2.75) is 58.3 Å². The monoisotopic (exact) mass is 401 g/mol. The van der Waals surface area contributed by atoms with Gasteiger partial charge in [-0.3, -0.25) is 9.59 Å². The zero-order valence-corrected chi connectivity index (χ0v) is 17.3. The quantitative estimate of drug-likeness (QED) is 0.528. The largest absolute Gasteiger partial charge is 0.505 e. The predicted molar refractivity (Wildman–Crippen MR) is 113 cm³/mol. The highest BCUT2D eigenvalue weighted by Gasteiger charge is 2.17. The van der Waals surface area contributed by atoms with E-state index in [1.165, 1.54) is 39.2 Å². The zero-order chi connectivity index (χ0) is 21.1. The van der Waals surface area contributed by atoms with Crippen LogP contribution in [0.5, 0.6) is 11.5 Å². The lowest BCUT2D eigenvalue weighted by molar-refractivity contribution is 0.0943. The van der Waals surface area contributed by atoms with Crippen LogP contribution in [0.4, 0.5) is 0 Å². The molecule has 0 unspecified atom stereocenters. The van der Waals surface area contributed by atoms with Gasteiger partial charge >= 0.3 is 0 Å². The summed E-state index contributed by atoms with van der Waals surface area (Å²) in [5.74, 6) is -0.498. The van der Waals surface area contributed by atoms with E-state index in [4.69, 9.17) is 4.74 Å². The van der Waals surface area contributed by atoms with Gasteiger partial charge in [0.25, 0.3) is 11.5 Å². The van der Waals surface area contributed by atoms with Gasteiger partial charge in [-0.1, -0.05) is 64.0 Å². The van der Waals surface area contributed by atoms with Crippen LogP contribution in [0.3, 0.4) is 0 Å². The van der Waals surface area contributed by atoms with Gasteiger partial charge in [0.15, 0.2) is 11.4 Å². The van der Waals surface area contributed by atoms with Gasteiger partial charge in [0, 0.05) is 12.6 Å². The first kappa shape index (κ1) is 22.5. The first-order valence-corrected chi connectivity index (χ1v) is 10.3. The van der Waals surface area contributed by atoms with Crippen LogP contribution in [0.2, 0.25) is 0 Å². The van der Waals surface area contributed by atoms with Gasteiger partial charge in [0.05, 0.1) is 7.11 Å². The second-order valence-electron chi connectivity index (χ2n) is 7.03. The van der Waals surface area contributed by atoms with Crippen LogP contribution in [0.25, 0.3) is 5.69 Å². The summed E-state index contributed by atoms with van der Waals surface area (Å²) in [5, 5.41) is 16.9. The predicted octanol–water partition coefficient (Wildman–Crippen LogP) is 3.82. The van der Waals surface area contributed by atoms with Gasteiger partial charge in [-0.05, 0) is 18.6 Å². The Morgan fingerprint density at radius 1 is 1.10 bits per heavy atom. The molecule has 2 aromatic rings. The molecule has 1 aromatic carbocycles. The summed E-state index contributed by atoms with van der Waals surface area (Å²) in [4.78, 5) is 24.7. The van der Waals surface area contributed by atoms with Crippen LogP contribution in [0.1, 0.15) is 68.8 Å². The highest BCUT2D eigenvalue weighted by atomic mass is 16.5. The molecular weight excluding hydrogens is 370 g/mol. The molecule has 0 aliphatic rings. The minimum atomic E-state index is -0.549. The zero-order valence-electron chi connectivity index (χ0n) is 17.3. The Bertz CT molecular complexity index is 848. The molecule has 0 bridgehead atoms. The van der Waals surface area contributed by atoms with E-state index in [0.717, 1.165) is 30.0 Å². The number of unbranched alkanes of at least 4 members (excludes halogenated alkanes) is 7. The molecule has 158 valence electrons. The molecule has 0 radical (unpaired) electrons. The lowest BCUT2D eigenvalue weighted by Crippen LogP contribution is -2.30. The van der Waals surface area contributed by atoms with Crippen LogP contribution >= 0.6 is 0 Å². The third-order valence-electron chi connectivity index (χ3n) is 4.76. The van der Waals surface area contributed by atoms with E-state index in [0.29, 0.717) is 18.0 Å². The smallest absolute Gasteiger partial charge is 0.275 e. The second-order valence-corrected chi connectivity index (χ2v) is 7.03. The van der Waals surface area contributed by atoms with E-state index in [1.807, 2.05) is 0 Å². The number of methoxy groups -OCH3 is 1. The Kier molecular flexibility index (Phi) is 9.21. The Hall–Kier alpha value is -2.83. The number of amides is 1. The third kappa shape index (κ3) is 6.62. The van der Waals surface area contributed by atoms with Crippen LogP contribution in [0.15, 0.2) is 35.1 Å². The molecule has 29 heavy (non-hydrogen) atoms. The molecule has 2 rings (SSSR count). The van der Waals surface area contributed by atoms with Crippen molar-refractivity contribution in [1.29, 1.82) is 0 Å². The normalized spacial score (nSPS) is 10.7. The van der Waals surface area contributed by atoms with Gasteiger partial charge in [-0.2, -0.15) is 9.78 Å². The van der Waals surface area contributed by atoms with Crippen molar-refractivity contribution in [1.82, 2.24) is 15.1 Å². The van der Waals surface area contributed by atoms with Crippen molar-refractivity contribution in [3.63, 3.8) is 0 Å². The van der Waals surface area contributed by atoms with Crippen LogP contribution in [0, 0.1) is 0 Å². The maximum Gasteiger partial charge on any atom is 0.275 e. The molecule has 7 nitrogen and oxygen atoms in total. The number of ether oxygens (including phenoxy) is 1. The van der Waals surface area contributed by atoms with E-state index in [2.05, 4.69) is 17.3 Å². The summed E-state index contributed by atoms with van der Waals surface area (Å²) >= 11 is 0. The molecule has 0 saturated heterocycles. The summed E-state index contributed by atoms with van der Waals surface area (Å²) in [7, 11) is 1.49. The summed E-state index contributed by atoms with van der Waals surface area (Å²) < 4.78 is 6.32. The SMILES string of the molecule is CCCCCCCCCCNC(=O)c1nn(-c2ccccc2OC)c(=O)cc1O. The molecule has 0 atom stereocenters. The number of carbonyl (C=O) groups excluding carboxylic acids is 1. The second kappa shape index (κ2) is 11.9. The fourth-order valence-corrected chi connectivity index (χ4v) is 3.13. The number of hydrogen-bond donors (Lipinski definition) is 2. The molecule has 7 heteroatoms. The molecule has 2 N–H and O–H groups in total. The van der Waals surface area contributed by atoms with Gasteiger partial charge in [0.2, 0.25) is 0 Å². The minimum absolute atomic E-state index is 0.185. The average Bonchev–Trinajstić information content (AvgIpc) is 2.72. The van der Waals surface area contributed by atoms with E-state index in [9.17, 15) is 14.7 Å². The summed E-state index contributed by atoms with van der Waals surface area (Å²) in [6.07, 6.45) is 9.39.